The lowest BCUT2D eigenvalue weighted by Crippen LogP contribution is -2.46. The predicted molar refractivity (Wildman–Crippen MR) is 87.4 cm³/mol. The maximum Gasteiger partial charge on any atom is 0.254 e. The van der Waals surface area contributed by atoms with Crippen LogP contribution in [0.15, 0.2) is 24.3 Å². The van der Waals surface area contributed by atoms with E-state index in [0.717, 1.165) is 31.7 Å². The molecule has 1 saturated heterocycles. The molecule has 4 nitrogen and oxygen atoms in total. The largest absolute Gasteiger partial charge is 0.491 e. The topological polar surface area (TPSA) is 41.6 Å². The molecule has 1 atom stereocenters. The van der Waals surface area contributed by atoms with Crippen LogP contribution in [0, 0.1) is 0 Å². The normalized spacial score (nSPS) is 18.0. The van der Waals surface area contributed by atoms with E-state index in [2.05, 4.69) is 5.32 Å². The average Bonchev–Trinajstić information content (AvgIpc) is 2.46. The number of hydrogen-bond donors (Lipinski definition) is 1. The number of hydrogen-bond acceptors (Lipinski definition) is 3. The molecule has 1 fully saturated rings. The Hall–Kier alpha value is -1.26. The standard InChI is InChI=1S/C16H24N2O2.ClH/c1-12(2)20-15-8-4-6-13(10-15)16(19)18(3)14-7-5-9-17-11-14;/h4,6,8,10,12,14,17H,5,7,9,11H2,1-3H3;1H/t14-;/m1./s1. The zero-order chi connectivity index (χ0) is 14.5. The van der Waals surface area contributed by atoms with Crippen LogP contribution in [0.2, 0.25) is 0 Å². The molecule has 2 rings (SSSR count). The van der Waals surface area contributed by atoms with Crippen LogP contribution < -0.4 is 10.1 Å². The highest BCUT2D eigenvalue weighted by atomic mass is 35.5. The number of carbonyl (C=O) groups excluding carboxylic acids is 1. The summed E-state index contributed by atoms with van der Waals surface area (Å²) in [4.78, 5) is 14.4. The van der Waals surface area contributed by atoms with E-state index < -0.39 is 0 Å². The Morgan fingerprint density at radius 2 is 2.19 bits per heavy atom. The van der Waals surface area contributed by atoms with E-state index >= 15 is 0 Å². The molecule has 5 heteroatoms. The van der Waals surface area contributed by atoms with Gasteiger partial charge in [0, 0.05) is 25.2 Å². The fourth-order valence-corrected chi connectivity index (χ4v) is 2.51. The average molecular weight is 313 g/mol. The molecular formula is C16H25ClN2O2. The lowest BCUT2D eigenvalue weighted by molar-refractivity contribution is 0.0707. The fraction of sp³-hybridized carbons (Fsp3) is 0.562. The summed E-state index contributed by atoms with van der Waals surface area (Å²) in [5.74, 6) is 0.814. The summed E-state index contributed by atoms with van der Waals surface area (Å²) < 4.78 is 5.65. The molecule has 1 N–H and O–H groups in total. The summed E-state index contributed by atoms with van der Waals surface area (Å²) >= 11 is 0. The molecule has 1 aromatic rings. The van der Waals surface area contributed by atoms with Gasteiger partial charge in [-0.3, -0.25) is 4.79 Å². The smallest absolute Gasteiger partial charge is 0.254 e. The van der Waals surface area contributed by atoms with Crippen LogP contribution >= 0.6 is 12.4 Å². The summed E-state index contributed by atoms with van der Waals surface area (Å²) in [7, 11) is 1.88. The second-order valence-corrected chi connectivity index (χ2v) is 5.61. The minimum Gasteiger partial charge on any atom is -0.491 e. The first-order chi connectivity index (χ1) is 9.58. The maximum atomic E-state index is 12.5. The number of carbonyl (C=O) groups is 1. The predicted octanol–water partition coefficient (Wildman–Crippen LogP) is 2.72. The van der Waals surface area contributed by atoms with E-state index in [-0.39, 0.29) is 30.5 Å². The summed E-state index contributed by atoms with van der Waals surface area (Å²) in [5, 5.41) is 3.34. The molecule has 118 valence electrons. The van der Waals surface area contributed by atoms with Crippen molar-refractivity contribution in [1.29, 1.82) is 0 Å². The van der Waals surface area contributed by atoms with Crippen LogP contribution in [-0.2, 0) is 0 Å². The molecule has 0 spiro atoms. The number of nitrogens with one attached hydrogen (secondary N) is 1. The van der Waals surface area contributed by atoms with Gasteiger partial charge in [0.1, 0.15) is 5.75 Å². The van der Waals surface area contributed by atoms with E-state index in [1.807, 2.05) is 50.1 Å². The number of likely N-dealkylation sites (N-methyl/N-ethyl adjacent to an activating group) is 1. The number of ether oxygens (including phenoxy) is 1. The van der Waals surface area contributed by atoms with Gasteiger partial charge in [0.25, 0.3) is 5.91 Å². The Bertz CT molecular complexity index is 459. The molecule has 1 amide bonds. The van der Waals surface area contributed by atoms with Gasteiger partial charge in [0.05, 0.1) is 6.10 Å². The van der Waals surface area contributed by atoms with Crippen LogP contribution in [0.4, 0.5) is 0 Å². The van der Waals surface area contributed by atoms with E-state index in [0.29, 0.717) is 5.56 Å². The minimum atomic E-state index is 0. The minimum absolute atomic E-state index is 0. The molecule has 0 saturated carbocycles. The lowest BCUT2D eigenvalue weighted by atomic mass is 10.1. The first kappa shape index (κ1) is 17.8. The number of rotatable bonds is 4. The Morgan fingerprint density at radius 1 is 1.43 bits per heavy atom. The monoisotopic (exact) mass is 312 g/mol. The number of amides is 1. The van der Waals surface area contributed by atoms with Gasteiger partial charge in [-0.15, -0.1) is 12.4 Å². The molecule has 0 unspecified atom stereocenters. The van der Waals surface area contributed by atoms with Crippen molar-refractivity contribution in [3.05, 3.63) is 29.8 Å². The second-order valence-electron chi connectivity index (χ2n) is 5.61. The Kier molecular flexibility index (Phi) is 6.99. The number of benzene rings is 1. The van der Waals surface area contributed by atoms with Crippen molar-refractivity contribution >= 4 is 18.3 Å². The second kappa shape index (κ2) is 8.25. The lowest BCUT2D eigenvalue weighted by Gasteiger charge is -2.31. The van der Waals surface area contributed by atoms with Gasteiger partial charge in [-0.2, -0.15) is 0 Å². The number of halogens is 1. The van der Waals surface area contributed by atoms with E-state index in [9.17, 15) is 4.79 Å². The number of piperidine rings is 1. The van der Waals surface area contributed by atoms with E-state index in [1.165, 1.54) is 0 Å². The zero-order valence-corrected chi connectivity index (χ0v) is 13.8. The maximum absolute atomic E-state index is 12.5. The Labute approximate surface area is 133 Å². The van der Waals surface area contributed by atoms with Gasteiger partial charge < -0.3 is 15.0 Å². The van der Waals surface area contributed by atoms with Crippen molar-refractivity contribution in [2.75, 3.05) is 20.1 Å². The van der Waals surface area contributed by atoms with Gasteiger partial charge in [0.2, 0.25) is 0 Å². The Balaban J connectivity index is 0.00000220. The van der Waals surface area contributed by atoms with E-state index in [1.54, 1.807) is 0 Å². The van der Waals surface area contributed by atoms with Gasteiger partial charge in [-0.05, 0) is 51.4 Å². The van der Waals surface area contributed by atoms with Gasteiger partial charge >= 0.3 is 0 Å². The van der Waals surface area contributed by atoms with Crippen LogP contribution in [0.1, 0.15) is 37.0 Å². The number of nitrogens with zero attached hydrogens (tertiary/aromatic N) is 1. The molecule has 0 aliphatic carbocycles. The third-order valence-electron chi connectivity index (χ3n) is 3.59. The molecule has 0 radical (unpaired) electrons. The SMILES string of the molecule is CC(C)Oc1cccc(C(=O)N(C)[C@@H]2CCCNC2)c1.Cl. The first-order valence-electron chi connectivity index (χ1n) is 7.32. The molecule has 0 bridgehead atoms. The molecule has 1 heterocycles. The molecule has 1 aliphatic heterocycles. The summed E-state index contributed by atoms with van der Waals surface area (Å²) in [5.41, 5.74) is 0.691. The van der Waals surface area contributed by atoms with Gasteiger partial charge in [-0.1, -0.05) is 6.07 Å². The van der Waals surface area contributed by atoms with Crippen molar-refractivity contribution in [3.8, 4) is 5.75 Å². The van der Waals surface area contributed by atoms with Crippen LogP contribution in [-0.4, -0.2) is 43.1 Å². The van der Waals surface area contributed by atoms with Crippen molar-refractivity contribution in [2.24, 2.45) is 0 Å². The highest BCUT2D eigenvalue weighted by Gasteiger charge is 2.23. The van der Waals surface area contributed by atoms with Crippen LogP contribution in [0.5, 0.6) is 5.75 Å². The molecule has 0 aromatic heterocycles. The van der Waals surface area contributed by atoms with Crippen LogP contribution in [0.3, 0.4) is 0 Å². The third-order valence-corrected chi connectivity index (χ3v) is 3.59. The molecule has 1 aliphatic rings. The van der Waals surface area contributed by atoms with Crippen LogP contribution in [0.25, 0.3) is 0 Å². The summed E-state index contributed by atoms with van der Waals surface area (Å²) in [6.45, 7) is 5.89. The van der Waals surface area contributed by atoms with Crippen molar-refractivity contribution in [2.45, 2.75) is 38.8 Å². The molecule has 21 heavy (non-hydrogen) atoms. The molecule has 1 aromatic carbocycles. The fourth-order valence-electron chi connectivity index (χ4n) is 2.51. The van der Waals surface area contributed by atoms with Crippen molar-refractivity contribution < 1.29 is 9.53 Å². The quantitative estimate of drug-likeness (QED) is 0.929. The van der Waals surface area contributed by atoms with Gasteiger partial charge in [0.15, 0.2) is 0 Å². The molecular weight excluding hydrogens is 288 g/mol. The highest BCUT2D eigenvalue weighted by molar-refractivity contribution is 5.94. The third kappa shape index (κ3) is 4.90. The van der Waals surface area contributed by atoms with E-state index in [4.69, 9.17) is 4.74 Å². The van der Waals surface area contributed by atoms with Crippen molar-refractivity contribution in [3.63, 3.8) is 0 Å². The zero-order valence-electron chi connectivity index (χ0n) is 13.0. The summed E-state index contributed by atoms with van der Waals surface area (Å²) in [6, 6.07) is 7.72. The van der Waals surface area contributed by atoms with Gasteiger partial charge in [-0.25, -0.2) is 0 Å². The summed E-state index contributed by atoms with van der Waals surface area (Å²) in [6.07, 6.45) is 2.30. The Morgan fingerprint density at radius 3 is 2.81 bits per heavy atom. The van der Waals surface area contributed by atoms with Crippen molar-refractivity contribution in [1.82, 2.24) is 10.2 Å². The first-order valence-corrected chi connectivity index (χ1v) is 7.32. The highest BCUT2D eigenvalue weighted by Crippen LogP contribution is 2.18.